The van der Waals surface area contributed by atoms with Crippen molar-refractivity contribution in [1.29, 1.82) is 0 Å². The van der Waals surface area contributed by atoms with Gasteiger partial charge in [-0.3, -0.25) is 9.59 Å². The van der Waals surface area contributed by atoms with E-state index in [1.807, 2.05) is 37.3 Å². The van der Waals surface area contributed by atoms with E-state index >= 15 is 0 Å². The molecule has 7 heteroatoms. The minimum atomic E-state index is -0.486. The summed E-state index contributed by atoms with van der Waals surface area (Å²) in [5.74, 6) is -0.713. The lowest BCUT2D eigenvalue weighted by Gasteiger charge is -2.43. The second-order valence-electron chi connectivity index (χ2n) is 6.45. The Hall–Kier alpha value is -2.54. The van der Waals surface area contributed by atoms with Crippen LogP contribution >= 0.6 is 11.8 Å². The Kier molecular flexibility index (Phi) is 6.01. The molecule has 0 aromatic heterocycles. The number of esters is 1. The summed E-state index contributed by atoms with van der Waals surface area (Å²) >= 11 is 1.34. The standard InChI is InChI=1S/C20H22N2O4S/c1-3-15-16-11-17(27-10-9-21-13(2)23)18(22(16)19(15)24)20(25)26-12-14-7-5-4-6-8-14/h4-10,15-16H,3,11-12H2,1-2H3,(H,21,23)/b10-9+/t15-,16-/m1/s1. The molecule has 142 valence electrons. The highest BCUT2D eigenvalue weighted by molar-refractivity contribution is 8.05. The molecule has 0 radical (unpaired) electrons. The van der Waals surface area contributed by atoms with E-state index in [4.69, 9.17) is 4.74 Å². The summed E-state index contributed by atoms with van der Waals surface area (Å²) in [7, 11) is 0. The number of rotatable bonds is 7. The quantitative estimate of drug-likeness (QED) is 0.576. The number of ether oxygens (including phenoxy) is 1. The minimum absolute atomic E-state index is 0.0180. The largest absolute Gasteiger partial charge is 0.456 e. The van der Waals surface area contributed by atoms with Gasteiger partial charge in [-0.2, -0.15) is 0 Å². The summed E-state index contributed by atoms with van der Waals surface area (Å²) in [4.78, 5) is 38.5. The highest BCUT2D eigenvalue weighted by Gasteiger charge is 2.54. The van der Waals surface area contributed by atoms with Gasteiger partial charge in [0.15, 0.2) is 0 Å². The minimum Gasteiger partial charge on any atom is -0.456 e. The van der Waals surface area contributed by atoms with Crippen LogP contribution in [0.15, 0.2) is 52.5 Å². The average molecular weight is 386 g/mol. The molecule has 2 heterocycles. The Bertz CT molecular complexity index is 803. The van der Waals surface area contributed by atoms with Crippen LogP contribution in [-0.4, -0.2) is 28.7 Å². The number of fused-ring (bicyclic) bond motifs is 1. The summed E-state index contributed by atoms with van der Waals surface area (Å²) in [6.45, 7) is 3.56. The molecule has 27 heavy (non-hydrogen) atoms. The maximum absolute atomic E-state index is 12.7. The molecule has 2 aliphatic rings. The van der Waals surface area contributed by atoms with Crippen molar-refractivity contribution >= 4 is 29.5 Å². The van der Waals surface area contributed by atoms with E-state index in [2.05, 4.69) is 5.32 Å². The van der Waals surface area contributed by atoms with Gasteiger partial charge in [0, 0.05) is 24.4 Å². The summed E-state index contributed by atoms with van der Waals surface area (Å²) < 4.78 is 5.46. The van der Waals surface area contributed by atoms with E-state index < -0.39 is 5.97 Å². The van der Waals surface area contributed by atoms with Crippen LogP contribution in [0.5, 0.6) is 0 Å². The fourth-order valence-electron chi connectivity index (χ4n) is 3.36. The molecule has 2 aliphatic heterocycles. The number of amides is 2. The van der Waals surface area contributed by atoms with Crippen molar-refractivity contribution < 1.29 is 19.1 Å². The zero-order valence-corrected chi connectivity index (χ0v) is 16.1. The topological polar surface area (TPSA) is 75.7 Å². The Morgan fingerprint density at radius 2 is 2.07 bits per heavy atom. The normalized spacial score (nSPS) is 21.3. The number of β-lactam (4-membered cyclic amide) rings is 1. The van der Waals surface area contributed by atoms with Crippen LogP contribution < -0.4 is 5.32 Å². The lowest BCUT2D eigenvalue weighted by Crippen LogP contribution is -2.58. The molecule has 1 fully saturated rings. The second-order valence-corrected chi connectivity index (χ2v) is 7.45. The molecule has 0 bridgehead atoms. The molecule has 0 saturated carbocycles. The molecule has 0 spiro atoms. The SMILES string of the molecule is CC[C@H]1C(=O)N2C(C(=O)OCc3ccccc3)=C(S/C=C/NC(C)=O)C[C@H]12. The second kappa shape index (κ2) is 8.43. The third-order valence-electron chi connectivity index (χ3n) is 4.66. The maximum atomic E-state index is 12.7. The van der Waals surface area contributed by atoms with Crippen molar-refractivity contribution in [3.05, 3.63) is 58.1 Å². The molecule has 2 amide bonds. The molecule has 1 aromatic carbocycles. The lowest BCUT2D eigenvalue weighted by atomic mass is 9.85. The first kappa shape index (κ1) is 19.2. The molecule has 3 rings (SSSR count). The first-order valence-electron chi connectivity index (χ1n) is 8.89. The third-order valence-corrected chi connectivity index (χ3v) is 5.58. The number of nitrogens with zero attached hydrogens (tertiary/aromatic N) is 1. The summed E-state index contributed by atoms with van der Waals surface area (Å²) in [6.07, 6.45) is 2.92. The summed E-state index contributed by atoms with van der Waals surface area (Å²) in [5, 5.41) is 4.27. The van der Waals surface area contributed by atoms with Gasteiger partial charge in [0.2, 0.25) is 11.8 Å². The van der Waals surface area contributed by atoms with E-state index in [1.54, 1.807) is 10.3 Å². The van der Waals surface area contributed by atoms with Crippen molar-refractivity contribution in [2.24, 2.45) is 5.92 Å². The average Bonchev–Trinajstić information content (AvgIpc) is 2.99. The number of hydrogen-bond acceptors (Lipinski definition) is 5. The molecule has 2 atom stereocenters. The van der Waals surface area contributed by atoms with E-state index in [9.17, 15) is 14.4 Å². The fraction of sp³-hybridized carbons (Fsp3) is 0.350. The third kappa shape index (κ3) is 4.08. The predicted octanol–water partition coefficient (Wildman–Crippen LogP) is 2.92. The first-order valence-corrected chi connectivity index (χ1v) is 9.77. The van der Waals surface area contributed by atoms with Gasteiger partial charge in [-0.25, -0.2) is 4.79 Å². The van der Waals surface area contributed by atoms with Crippen molar-refractivity contribution in [3.8, 4) is 0 Å². The Morgan fingerprint density at radius 1 is 1.33 bits per heavy atom. The Labute approximate surface area is 162 Å². The van der Waals surface area contributed by atoms with Crippen LogP contribution in [0.25, 0.3) is 0 Å². The van der Waals surface area contributed by atoms with Crippen LogP contribution in [0.1, 0.15) is 32.3 Å². The number of benzene rings is 1. The van der Waals surface area contributed by atoms with Gasteiger partial charge >= 0.3 is 5.97 Å². The number of thioether (sulfide) groups is 1. The molecule has 1 N–H and O–H groups in total. The van der Waals surface area contributed by atoms with E-state index in [1.165, 1.54) is 24.9 Å². The van der Waals surface area contributed by atoms with Crippen molar-refractivity contribution in [2.75, 3.05) is 0 Å². The molecule has 6 nitrogen and oxygen atoms in total. The number of hydrogen-bond donors (Lipinski definition) is 1. The van der Waals surface area contributed by atoms with Crippen LogP contribution in [0, 0.1) is 5.92 Å². The number of carbonyl (C=O) groups is 3. The van der Waals surface area contributed by atoms with Gasteiger partial charge in [0.25, 0.3) is 0 Å². The highest BCUT2D eigenvalue weighted by atomic mass is 32.2. The first-order chi connectivity index (χ1) is 13.0. The molecule has 1 aromatic rings. The van der Waals surface area contributed by atoms with Gasteiger partial charge in [0.1, 0.15) is 12.3 Å². The predicted molar refractivity (Wildman–Crippen MR) is 103 cm³/mol. The van der Waals surface area contributed by atoms with Gasteiger partial charge in [-0.15, -0.1) is 0 Å². The number of nitrogens with one attached hydrogen (secondary N) is 1. The van der Waals surface area contributed by atoms with Gasteiger partial charge in [-0.1, -0.05) is 49.0 Å². The van der Waals surface area contributed by atoms with Crippen molar-refractivity contribution in [1.82, 2.24) is 10.2 Å². The van der Waals surface area contributed by atoms with E-state index in [-0.39, 0.29) is 30.4 Å². The smallest absolute Gasteiger partial charge is 0.356 e. The Balaban J connectivity index is 1.74. The van der Waals surface area contributed by atoms with E-state index in [0.717, 1.165) is 16.9 Å². The fourth-order valence-corrected chi connectivity index (χ4v) is 4.22. The van der Waals surface area contributed by atoms with Crippen LogP contribution in [0.2, 0.25) is 0 Å². The Morgan fingerprint density at radius 3 is 2.74 bits per heavy atom. The van der Waals surface area contributed by atoms with Crippen molar-refractivity contribution in [2.45, 2.75) is 39.3 Å². The maximum Gasteiger partial charge on any atom is 0.356 e. The molecule has 1 saturated heterocycles. The number of carbonyl (C=O) groups excluding carboxylic acids is 3. The monoisotopic (exact) mass is 386 g/mol. The molecule has 0 unspecified atom stereocenters. The molecular formula is C20H22N2O4S. The van der Waals surface area contributed by atoms with Gasteiger partial charge < -0.3 is 15.0 Å². The van der Waals surface area contributed by atoms with Crippen LogP contribution in [0.4, 0.5) is 0 Å². The van der Waals surface area contributed by atoms with E-state index in [0.29, 0.717) is 12.1 Å². The van der Waals surface area contributed by atoms with Crippen LogP contribution in [-0.2, 0) is 25.7 Å². The lowest BCUT2D eigenvalue weighted by molar-refractivity contribution is -0.157. The molecule has 0 aliphatic carbocycles. The zero-order chi connectivity index (χ0) is 19.4. The zero-order valence-electron chi connectivity index (χ0n) is 15.3. The van der Waals surface area contributed by atoms with Crippen LogP contribution in [0.3, 0.4) is 0 Å². The van der Waals surface area contributed by atoms with Crippen molar-refractivity contribution in [3.63, 3.8) is 0 Å². The molecular weight excluding hydrogens is 364 g/mol. The summed E-state index contributed by atoms with van der Waals surface area (Å²) in [6, 6.07) is 9.45. The van der Waals surface area contributed by atoms with Gasteiger partial charge in [0.05, 0.1) is 12.0 Å². The van der Waals surface area contributed by atoms with Gasteiger partial charge in [-0.05, 0) is 17.4 Å². The summed E-state index contributed by atoms with van der Waals surface area (Å²) in [5.41, 5.74) is 1.23. The highest BCUT2D eigenvalue weighted by Crippen LogP contribution is 2.47.